The molecular weight excluding hydrogens is 886 g/mol. The van der Waals surface area contributed by atoms with E-state index < -0.39 is 72.2 Å². The number of hydrogen-bond donors (Lipinski definition) is 13. The van der Waals surface area contributed by atoms with Crippen molar-refractivity contribution in [2.45, 2.75) is 121 Å². The van der Waals surface area contributed by atoms with Crippen LogP contribution < -0.4 is 54.8 Å². The van der Waals surface area contributed by atoms with Gasteiger partial charge in [0.2, 0.25) is 35.4 Å². The first kappa shape index (κ1) is 56.6. The standard InChI is InChI=1S/C45H70ClN13O8/c1-27(2)23-35(41(65)57-34(10-8-22-54-45(51)52)40(64)56-33(9-7-21-53-44(49)50)37(61)11-5-4-6-12-38(48)62)58-42(66)36(25-29-13-17-30(46)18-14-29)55-39(63)26-59(3)43(67)32(47)24-28-15-19-31(60)20-16-28/h13-20,27,32-36,60H,4-12,21-26,47H2,1-3H3,(H2,48,62)(H,55,63)(H,56,64)(H,57,65)(H,58,66)(H4,49,50,53)(H4,51,52,54)/t32-,33+,34-,35-,36-/m0/s1. The highest BCUT2D eigenvalue weighted by Crippen LogP contribution is 2.15. The number of guanidine groups is 2. The number of nitrogens with zero attached hydrogens (tertiary/aromatic N) is 1. The van der Waals surface area contributed by atoms with Crippen LogP contribution in [-0.2, 0) is 46.4 Å². The summed E-state index contributed by atoms with van der Waals surface area (Å²) in [4.78, 5) is 94.9. The number of primary amides is 1. The minimum Gasteiger partial charge on any atom is -0.508 e. The summed E-state index contributed by atoms with van der Waals surface area (Å²) < 4.78 is 0. The lowest BCUT2D eigenvalue weighted by molar-refractivity contribution is -0.137. The van der Waals surface area contributed by atoms with Gasteiger partial charge in [-0.25, -0.2) is 0 Å². The summed E-state index contributed by atoms with van der Waals surface area (Å²) in [6.45, 7) is 3.65. The van der Waals surface area contributed by atoms with Crippen molar-refractivity contribution in [3.63, 3.8) is 0 Å². The molecular formula is C45H70ClN13O8. The Kier molecular flexibility index (Phi) is 25.3. The molecule has 22 heteroatoms. The topological polar surface area (TPSA) is 367 Å². The van der Waals surface area contributed by atoms with E-state index in [1.165, 1.54) is 19.2 Å². The second-order valence-electron chi connectivity index (χ2n) is 16.9. The molecule has 0 fully saturated rings. The third-order valence-corrected chi connectivity index (χ3v) is 10.7. The van der Waals surface area contributed by atoms with Gasteiger partial charge in [0.1, 0.15) is 23.9 Å². The molecule has 2 aromatic rings. The van der Waals surface area contributed by atoms with Gasteiger partial charge >= 0.3 is 0 Å². The number of nitrogens with two attached hydrogens (primary N) is 4. The quantitative estimate of drug-likeness (QED) is 0.0272. The van der Waals surface area contributed by atoms with Crippen molar-refractivity contribution in [3.8, 4) is 5.75 Å². The van der Waals surface area contributed by atoms with E-state index >= 15 is 0 Å². The predicted octanol–water partition coefficient (Wildman–Crippen LogP) is 0.133. The lowest BCUT2D eigenvalue weighted by Gasteiger charge is -2.28. The van der Waals surface area contributed by atoms with Crippen molar-refractivity contribution in [3.05, 3.63) is 64.7 Å². The molecule has 2 aromatic carbocycles. The summed E-state index contributed by atoms with van der Waals surface area (Å²) in [7, 11) is 1.40. The van der Waals surface area contributed by atoms with E-state index in [9.17, 15) is 38.7 Å². The number of nitrogens with one attached hydrogen (secondary N) is 8. The number of amides is 6. The molecule has 21 nitrogen and oxygen atoms in total. The van der Waals surface area contributed by atoms with E-state index in [0.29, 0.717) is 41.8 Å². The average Bonchev–Trinajstić information content (AvgIpc) is 3.25. The van der Waals surface area contributed by atoms with Crippen molar-refractivity contribution in [1.82, 2.24) is 36.8 Å². The zero-order valence-corrected chi connectivity index (χ0v) is 39.4. The van der Waals surface area contributed by atoms with Crippen LogP contribution in [0.25, 0.3) is 0 Å². The highest BCUT2D eigenvalue weighted by atomic mass is 35.5. The normalized spacial score (nSPS) is 13.2. The number of ketones is 1. The molecule has 17 N–H and O–H groups in total. The number of likely N-dealkylation sites (N-methyl/N-ethyl adjacent to an activating group) is 1. The fourth-order valence-electron chi connectivity index (χ4n) is 6.97. The minimum absolute atomic E-state index is 0.0283. The molecule has 67 heavy (non-hydrogen) atoms. The van der Waals surface area contributed by atoms with Gasteiger partial charge in [0.15, 0.2) is 17.7 Å². The van der Waals surface area contributed by atoms with Gasteiger partial charge in [-0.15, -0.1) is 0 Å². The second-order valence-corrected chi connectivity index (χ2v) is 17.3. The molecule has 0 spiro atoms. The lowest BCUT2D eigenvalue weighted by atomic mass is 9.99. The zero-order chi connectivity index (χ0) is 50.1. The third kappa shape index (κ3) is 23.5. The van der Waals surface area contributed by atoms with E-state index in [-0.39, 0.29) is 93.8 Å². The molecule has 0 aromatic heterocycles. The molecule has 0 heterocycles. The number of halogens is 1. The highest BCUT2D eigenvalue weighted by molar-refractivity contribution is 6.30. The van der Waals surface area contributed by atoms with Crippen LogP contribution in [0.4, 0.5) is 0 Å². The van der Waals surface area contributed by atoms with Crippen molar-refractivity contribution >= 4 is 64.7 Å². The predicted molar refractivity (Wildman–Crippen MR) is 255 cm³/mol. The number of phenolic OH excluding ortho intramolecular Hbond substituents is 1. The molecule has 0 unspecified atom stereocenters. The number of carbonyl (C=O) groups excluding carboxylic acids is 7. The van der Waals surface area contributed by atoms with E-state index in [1.54, 1.807) is 36.4 Å². The summed E-state index contributed by atoms with van der Waals surface area (Å²) >= 11 is 6.11. The first-order valence-corrected chi connectivity index (χ1v) is 22.7. The largest absolute Gasteiger partial charge is 0.508 e. The number of benzene rings is 2. The first-order chi connectivity index (χ1) is 31.6. The number of phenols is 1. The van der Waals surface area contributed by atoms with E-state index in [1.807, 2.05) is 13.8 Å². The van der Waals surface area contributed by atoms with Gasteiger partial charge in [0, 0.05) is 44.4 Å². The van der Waals surface area contributed by atoms with Crippen LogP contribution in [0.2, 0.25) is 5.02 Å². The van der Waals surface area contributed by atoms with Gasteiger partial charge in [-0.1, -0.05) is 56.1 Å². The van der Waals surface area contributed by atoms with Crippen molar-refractivity contribution < 1.29 is 38.7 Å². The maximum Gasteiger partial charge on any atom is 0.243 e. The number of unbranched alkanes of at least 4 members (excludes halogenated alkanes) is 2. The molecule has 0 saturated carbocycles. The summed E-state index contributed by atoms with van der Waals surface area (Å²) in [6.07, 6.45) is 2.86. The number of Topliss-reactive ketones (excluding diaryl/α,β-unsaturated/α-hetero) is 1. The molecule has 0 radical (unpaired) electrons. The summed E-state index contributed by atoms with van der Waals surface area (Å²) in [5.41, 5.74) is 23.6. The number of aromatic hydroxyl groups is 1. The Hall–Kier alpha value is -6.48. The molecule has 370 valence electrons. The molecule has 0 aliphatic carbocycles. The molecule has 0 aliphatic heterocycles. The lowest BCUT2D eigenvalue weighted by Crippen LogP contribution is -2.58. The van der Waals surface area contributed by atoms with Crippen LogP contribution in [0, 0.1) is 16.7 Å². The van der Waals surface area contributed by atoms with Gasteiger partial charge in [-0.05, 0) is 92.7 Å². The van der Waals surface area contributed by atoms with Crippen molar-refractivity contribution in [2.24, 2.45) is 28.9 Å². The van der Waals surface area contributed by atoms with Crippen molar-refractivity contribution in [1.29, 1.82) is 10.8 Å². The minimum atomic E-state index is -1.25. The van der Waals surface area contributed by atoms with E-state index in [0.717, 1.165) is 4.90 Å². The maximum atomic E-state index is 14.2. The zero-order valence-electron chi connectivity index (χ0n) is 38.6. The summed E-state index contributed by atoms with van der Waals surface area (Å²) in [6, 6.07) is 7.15. The summed E-state index contributed by atoms with van der Waals surface area (Å²) in [5, 5.41) is 41.3. The van der Waals surface area contributed by atoms with Crippen LogP contribution in [0.1, 0.15) is 89.2 Å². The Balaban J connectivity index is 2.33. The monoisotopic (exact) mass is 956 g/mol. The Morgan fingerprint density at radius 3 is 1.72 bits per heavy atom. The average molecular weight is 957 g/mol. The molecule has 2 rings (SSSR count). The molecule has 0 aliphatic rings. The van der Waals surface area contributed by atoms with Gasteiger partial charge in [0.25, 0.3) is 0 Å². The highest BCUT2D eigenvalue weighted by Gasteiger charge is 2.32. The van der Waals surface area contributed by atoms with Crippen LogP contribution >= 0.6 is 11.6 Å². The first-order valence-electron chi connectivity index (χ1n) is 22.3. The van der Waals surface area contributed by atoms with Crippen LogP contribution in [0.15, 0.2) is 48.5 Å². The van der Waals surface area contributed by atoms with Crippen LogP contribution in [0.5, 0.6) is 5.75 Å². The van der Waals surface area contributed by atoms with Gasteiger partial charge < -0.3 is 64.8 Å². The SMILES string of the molecule is CC(C)C[C@H](NC(=O)[C@H](Cc1ccc(Cl)cc1)NC(=O)CN(C)C(=O)[C@@H](N)Cc1ccc(O)cc1)C(=O)N[C@@H](CCCNC(=N)N)C(=O)N[C@H](CCCNC(=N)N)C(=O)CCCCCC(N)=O. The Labute approximate surface area is 397 Å². The Morgan fingerprint density at radius 2 is 1.15 bits per heavy atom. The molecule has 0 saturated heterocycles. The van der Waals surface area contributed by atoms with E-state index in [2.05, 4.69) is 31.9 Å². The van der Waals surface area contributed by atoms with Crippen LogP contribution in [-0.4, -0.2) is 120 Å². The molecule has 6 amide bonds. The fourth-order valence-corrected chi connectivity index (χ4v) is 7.09. The van der Waals surface area contributed by atoms with E-state index in [4.69, 9.17) is 45.4 Å². The van der Waals surface area contributed by atoms with Crippen molar-refractivity contribution in [2.75, 3.05) is 26.7 Å². The van der Waals surface area contributed by atoms with Gasteiger partial charge in [-0.2, -0.15) is 0 Å². The van der Waals surface area contributed by atoms with Gasteiger partial charge in [0.05, 0.1) is 18.6 Å². The third-order valence-electron chi connectivity index (χ3n) is 10.5. The second kappa shape index (κ2) is 29.9. The Bertz CT molecular complexity index is 1970. The van der Waals surface area contributed by atoms with Gasteiger partial charge in [-0.3, -0.25) is 44.4 Å². The number of hydrogen-bond acceptors (Lipinski definition) is 11. The Morgan fingerprint density at radius 1 is 0.657 bits per heavy atom. The number of rotatable bonds is 31. The number of carbonyl (C=O) groups is 7. The smallest absolute Gasteiger partial charge is 0.243 e. The maximum absolute atomic E-state index is 14.2. The fraction of sp³-hybridized carbons (Fsp3) is 0.533. The molecule has 0 bridgehead atoms. The molecule has 5 atom stereocenters. The van der Waals surface area contributed by atoms with Crippen LogP contribution in [0.3, 0.4) is 0 Å². The summed E-state index contributed by atoms with van der Waals surface area (Å²) in [5.74, 6) is -4.70.